The van der Waals surface area contributed by atoms with Crippen LogP contribution in [-0.4, -0.2) is 22.9 Å². The maximum Gasteiger partial charge on any atom is 0.126 e. The fraction of sp³-hybridized carbons (Fsp3) is 0.667. The predicted octanol–water partition coefficient (Wildman–Crippen LogP) is 3.81. The standard InChI is InChI=1S/C18H31NO2/c1-7-18(20,8-2)13-21-16-14(3)10-9-11-15(16)12-19-17(4,5)6/h9-11,19-20H,7-8,12-13H2,1-6H3. The first-order chi connectivity index (χ1) is 9.71. The molecule has 1 aromatic rings. The summed E-state index contributed by atoms with van der Waals surface area (Å²) in [5.74, 6) is 0.898. The molecular weight excluding hydrogens is 262 g/mol. The highest BCUT2D eigenvalue weighted by molar-refractivity contribution is 5.40. The highest BCUT2D eigenvalue weighted by Crippen LogP contribution is 2.26. The molecule has 0 fully saturated rings. The lowest BCUT2D eigenvalue weighted by Crippen LogP contribution is -2.36. The van der Waals surface area contributed by atoms with Crippen molar-refractivity contribution < 1.29 is 9.84 Å². The van der Waals surface area contributed by atoms with Crippen LogP contribution in [0, 0.1) is 6.92 Å². The monoisotopic (exact) mass is 293 g/mol. The minimum atomic E-state index is -0.739. The highest BCUT2D eigenvalue weighted by atomic mass is 16.5. The van der Waals surface area contributed by atoms with Crippen LogP contribution in [0.4, 0.5) is 0 Å². The number of aryl methyl sites for hydroxylation is 1. The van der Waals surface area contributed by atoms with Crippen molar-refractivity contribution in [3.63, 3.8) is 0 Å². The molecule has 0 atom stereocenters. The Labute approximate surface area is 129 Å². The normalized spacial score (nSPS) is 12.5. The molecule has 21 heavy (non-hydrogen) atoms. The van der Waals surface area contributed by atoms with E-state index in [2.05, 4.69) is 32.2 Å². The number of rotatable bonds is 7. The molecule has 0 aromatic heterocycles. The summed E-state index contributed by atoms with van der Waals surface area (Å²) >= 11 is 0. The number of nitrogens with one attached hydrogen (secondary N) is 1. The molecule has 2 N–H and O–H groups in total. The molecule has 1 rings (SSSR count). The van der Waals surface area contributed by atoms with Crippen LogP contribution < -0.4 is 10.1 Å². The summed E-state index contributed by atoms with van der Waals surface area (Å²) in [5, 5.41) is 13.9. The second-order valence-corrected chi connectivity index (χ2v) is 6.89. The second-order valence-electron chi connectivity index (χ2n) is 6.89. The Hall–Kier alpha value is -1.06. The Morgan fingerprint density at radius 3 is 2.29 bits per heavy atom. The van der Waals surface area contributed by atoms with Gasteiger partial charge < -0.3 is 15.2 Å². The third kappa shape index (κ3) is 5.68. The zero-order valence-corrected chi connectivity index (χ0v) is 14.4. The lowest BCUT2D eigenvalue weighted by Gasteiger charge is -2.27. The summed E-state index contributed by atoms with van der Waals surface area (Å²) in [6.45, 7) is 13.6. The fourth-order valence-electron chi connectivity index (χ4n) is 2.08. The summed E-state index contributed by atoms with van der Waals surface area (Å²) < 4.78 is 5.99. The minimum absolute atomic E-state index is 0.0641. The van der Waals surface area contributed by atoms with Crippen LogP contribution in [0.2, 0.25) is 0 Å². The number of benzene rings is 1. The van der Waals surface area contributed by atoms with E-state index in [1.807, 2.05) is 32.9 Å². The number of ether oxygens (including phenoxy) is 1. The van der Waals surface area contributed by atoms with Crippen LogP contribution in [0.15, 0.2) is 18.2 Å². The Balaban J connectivity index is 2.85. The van der Waals surface area contributed by atoms with Gasteiger partial charge in [-0.1, -0.05) is 32.0 Å². The maximum atomic E-state index is 10.4. The van der Waals surface area contributed by atoms with Gasteiger partial charge in [0.25, 0.3) is 0 Å². The molecule has 0 saturated carbocycles. The molecule has 3 nitrogen and oxygen atoms in total. The van der Waals surface area contributed by atoms with E-state index in [4.69, 9.17) is 4.74 Å². The third-order valence-corrected chi connectivity index (χ3v) is 3.90. The van der Waals surface area contributed by atoms with Gasteiger partial charge in [0, 0.05) is 17.6 Å². The number of aliphatic hydroxyl groups is 1. The number of hydrogen-bond donors (Lipinski definition) is 2. The van der Waals surface area contributed by atoms with Crippen molar-refractivity contribution in [1.82, 2.24) is 5.32 Å². The van der Waals surface area contributed by atoms with E-state index in [1.165, 1.54) is 0 Å². The van der Waals surface area contributed by atoms with Crippen molar-refractivity contribution in [2.75, 3.05) is 6.61 Å². The predicted molar refractivity (Wildman–Crippen MR) is 88.8 cm³/mol. The van der Waals surface area contributed by atoms with E-state index in [0.717, 1.165) is 23.4 Å². The quantitative estimate of drug-likeness (QED) is 0.803. The van der Waals surface area contributed by atoms with E-state index in [-0.39, 0.29) is 5.54 Å². The molecular formula is C18H31NO2. The highest BCUT2D eigenvalue weighted by Gasteiger charge is 2.24. The Morgan fingerprint density at radius 1 is 1.14 bits per heavy atom. The molecule has 3 heteroatoms. The summed E-state index contributed by atoms with van der Waals surface area (Å²) in [6.07, 6.45) is 1.40. The SMILES string of the molecule is CCC(O)(CC)COc1c(C)cccc1CNC(C)(C)C. The van der Waals surface area contributed by atoms with Crippen molar-refractivity contribution in [3.8, 4) is 5.75 Å². The van der Waals surface area contributed by atoms with Gasteiger partial charge >= 0.3 is 0 Å². The molecule has 0 aliphatic rings. The van der Waals surface area contributed by atoms with E-state index in [9.17, 15) is 5.11 Å². The molecule has 0 amide bonds. The topological polar surface area (TPSA) is 41.5 Å². The van der Waals surface area contributed by atoms with E-state index in [0.29, 0.717) is 19.4 Å². The first-order valence-electron chi connectivity index (χ1n) is 7.89. The van der Waals surface area contributed by atoms with Crippen LogP contribution in [0.5, 0.6) is 5.75 Å². The van der Waals surface area contributed by atoms with Gasteiger partial charge in [0.2, 0.25) is 0 Å². The maximum absolute atomic E-state index is 10.4. The third-order valence-electron chi connectivity index (χ3n) is 3.90. The van der Waals surface area contributed by atoms with Crippen LogP contribution in [0.25, 0.3) is 0 Å². The first kappa shape index (κ1) is 18.0. The zero-order valence-electron chi connectivity index (χ0n) is 14.4. The molecule has 120 valence electrons. The molecule has 1 aromatic carbocycles. The van der Waals surface area contributed by atoms with Crippen molar-refractivity contribution in [3.05, 3.63) is 29.3 Å². The smallest absolute Gasteiger partial charge is 0.126 e. The van der Waals surface area contributed by atoms with E-state index < -0.39 is 5.60 Å². The van der Waals surface area contributed by atoms with E-state index in [1.54, 1.807) is 0 Å². The van der Waals surface area contributed by atoms with Gasteiger partial charge in [0.15, 0.2) is 0 Å². The van der Waals surface area contributed by atoms with Crippen molar-refractivity contribution >= 4 is 0 Å². The average molecular weight is 293 g/mol. The van der Waals surface area contributed by atoms with Gasteiger partial charge in [0.1, 0.15) is 12.4 Å². The van der Waals surface area contributed by atoms with Gasteiger partial charge in [-0.15, -0.1) is 0 Å². The van der Waals surface area contributed by atoms with Crippen LogP contribution >= 0.6 is 0 Å². The Kier molecular flexibility index (Phi) is 6.24. The first-order valence-corrected chi connectivity index (χ1v) is 7.89. The van der Waals surface area contributed by atoms with Crippen LogP contribution in [0.3, 0.4) is 0 Å². The Morgan fingerprint density at radius 2 is 1.76 bits per heavy atom. The largest absolute Gasteiger partial charge is 0.490 e. The summed E-state index contributed by atoms with van der Waals surface area (Å²) in [6, 6.07) is 6.18. The van der Waals surface area contributed by atoms with Gasteiger partial charge in [-0.3, -0.25) is 0 Å². The average Bonchev–Trinajstić information content (AvgIpc) is 2.43. The van der Waals surface area contributed by atoms with Crippen molar-refractivity contribution in [2.24, 2.45) is 0 Å². The van der Waals surface area contributed by atoms with Crippen molar-refractivity contribution in [1.29, 1.82) is 0 Å². The fourth-order valence-corrected chi connectivity index (χ4v) is 2.08. The van der Waals surface area contributed by atoms with Crippen LogP contribution in [-0.2, 0) is 6.54 Å². The molecule has 0 bridgehead atoms. The molecule has 0 unspecified atom stereocenters. The molecule has 0 heterocycles. The number of para-hydroxylation sites is 1. The molecule has 0 spiro atoms. The lowest BCUT2D eigenvalue weighted by molar-refractivity contribution is -0.0118. The van der Waals surface area contributed by atoms with Gasteiger partial charge in [0.05, 0.1) is 5.60 Å². The lowest BCUT2D eigenvalue weighted by atomic mass is 9.99. The van der Waals surface area contributed by atoms with Crippen molar-refractivity contribution in [2.45, 2.75) is 72.1 Å². The molecule has 0 saturated heterocycles. The summed E-state index contributed by atoms with van der Waals surface area (Å²) in [4.78, 5) is 0. The Bertz CT molecular complexity index is 445. The summed E-state index contributed by atoms with van der Waals surface area (Å²) in [5.41, 5.74) is 1.57. The zero-order chi connectivity index (χ0) is 16.1. The summed E-state index contributed by atoms with van der Waals surface area (Å²) in [7, 11) is 0. The van der Waals surface area contributed by atoms with Gasteiger partial charge in [-0.05, 0) is 46.1 Å². The molecule has 0 aliphatic heterocycles. The second kappa shape index (κ2) is 7.28. The number of hydrogen-bond acceptors (Lipinski definition) is 3. The van der Waals surface area contributed by atoms with Crippen LogP contribution in [0.1, 0.15) is 58.6 Å². The molecule has 0 radical (unpaired) electrons. The molecule has 0 aliphatic carbocycles. The van der Waals surface area contributed by atoms with E-state index >= 15 is 0 Å². The minimum Gasteiger partial charge on any atom is -0.490 e. The van der Waals surface area contributed by atoms with Gasteiger partial charge in [-0.25, -0.2) is 0 Å². The van der Waals surface area contributed by atoms with Gasteiger partial charge in [-0.2, -0.15) is 0 Å².